The summed E-state index contributed by atoms with van der Waals surface area (Å²) in [6.07, 6.45) is -0.0805. The highest BCUT2D eigenvalue weighted by Crippen LogP contribution is 2.06. The van der Waals surface area contributed by atoms with Crippen LogP contribution in [0.1, 0.15) is 12.0 Å². The molecule has 0 radical (unpaired) electrons. The molecule has 1 unspecified atom stereocenters. The highest BCUT2D eigenvalue weighted by Gasteiger charge is 2.20. The second kappa shape index (κ2) is 7.48. The fraction of sp³-hybridized carbons (Fsp3) is 0.385. The Kier molecular flexibility index (Phi) is 5.95. The van der Waals surface area contributed by atoms with Gasteiger partial charge >= 0.3 is 0 Å². The van der Waals surface area contributed by atoms with Crippen molar-refractivity contribution in [3.8, 4) is 0 Å². The number of amides is 2. The van der Waals surface area contributed by atoms with E-state index in [9.17, 15) is 14.0 Å². The first-order chi connectivity index (χ1) is 9.02. The molecule has 5 nitrogen and oxygen atoms in total. The first-order valence-corrected chi connectivity index (χ1v) is 5.82. The summed E-state index contributed by atoms with van der Waals surface area (Å²) in [6, 6.07) is 5.92. The van der Waals surface area contributed by atoms with E-state index in [-0.39, 0.29) is 31.3 Å². The van der Waals surface area contributed by atoms with Gasteiger partial charge in [-0.15, -0.1) is 0 Å². The minimum absolute atomic E-state index is 0.0805. The van der Waals surface area contributed by atoms with Crippen molar-refractivity contribution in [2.75, 3.05) is 13.7 Å². The van der Waals surface area contributed by atoms with E-state index in [4.69, 9.17) is 10.5 Å². The molecule has 104 valence electrons. The fourth-order valence-corrected chi connectivity index (χ4v) is 1.65. The zero-order valence-corrected chi connectivity index (χ0v) is 10.7. The number of primary amides is 1. The number of ether oxygens (including phenoxy) is 1. The van der Waals surface area contributed by atoms with E-state index in [1.54, 1.807) is 12.1 Å². The summed E-state index contributed by atoms with van der Waals surface area (Å²) in [5, 5.41) is 2.62. The molecule has 0 bridgehead atoms. The van der Waals surface area contributed by atoms with Crippen LogP contribution in [0.4, 0.5) is 4.39 Å². The van der Waals surface area contributed by atoms with E-state index in [0.717, 1.165) is 0 Å². The molecule has 0 saturated carbocycles. The lowest BCUT2D eigenvalue weighted by molar-refractivity contribution is -0.131. The van der Waals surface area contributed by atoms with Gasteiger partial charge in [-0.25, -0.2) is 4.39 Å². The maximum Gasteiger partial charge on any atom is 0.226 e. The summed E-state index contributed by atoms with van der Waals surface area (Å²) in [4.78, 5) is 22.7. The number of halogens is 1. The van der Waals surface area contributed by atoms with Crippen LogP contribution in [-0.4, -0.2) is 25.5 Å². The average Bonchev–Trinajstić information content (AvgIpc) is 2.35. The van der Waals surface area contributed by atoms with Gasteiger partial charge in [0.1, 0.15) is 5.82 Å². The summed E-state index contributed by atoms with van der Waals surface area (Å²) >= 11 is 0. The summed E-state index contributed by atoms with van der Waals surface area (Å²) in [6.45, 7) is 0.299. The van der Waals surface area contributed by atoms with E-state index in [1.165, 1.54) is 19.2 Å². The first-order valence-electron chi connectivity index (χ1n) is 5.82. The predicted octanol–water partition coefficient (Wildman–Crippen LogP) is 0.580. The Bertz CT molecular complexity index is 451. The van der Waals surface area contributed by atoms with Crippen LogP contribution in [0.15, 0.2) is 24.3 Å². The minimum Gasteiger partial charge on any atom is -0.384 e. The van der Waals surface area contributed by atoms with Crippen molar-refractivity contribution in [3.05, 3.63) is 35.6 Å². The smallest absolute Gasteiger partial charge is 0.226 e. The van der Waals surface area contributed by atoms with Crippen LogP contribution in [0, 0.1) is 11.7 Å². The van der Waals surface area contributed by atoms with Crippen molar-refractivity contribution >= 4 is 11.8 Å². The average molecular weight is 268 g/mol. The molecule has 1 atom stereocenters. The molecule has 0 heterocycles. The van der Waals surface area contributed by atoms with Gasteiger partial charge in [-0.1, -0.05) is 12.1 Å². The Morgan fingerprint density at radius 1 is 1.47 bits per heavy atom. The molecule has 2 amide bonds. The zero-order valence-electron chi connectivity index (χ0n) is 10.7. The van der Waals surface area contributed by atoms with Gasteiger partial charge in [0.05, 0.1) is 12.5 Å². The van der Waals surface area contributed by atoms with Crippen LogP contribution in [0.3, 0.4) is 0 Å². The molecule has 1 aromatic rings. The maximum atomic E-state index is 12.9. The molecule has 1 rings (SSSR count). The first kappa shape index (κ1) is 15.1. The third-order valence-electron chi connectivity index (χ3n) is 2.54. The Labute approximate surface area is 110 Å². The molecule has 3 N–H and O–H groups in total. The van der Waals surface area contributed by atoms with Crippen LogP contribution in [0.2, 0.25) is 0 Å². The zero-order chi connectivity index (χ0) is 14.3. The van der Waals surface area contributed by atoms with E-state index in [1.807, 2.05) is 0 Å². The van der Waals surface area contributed by atoms with Crippen molar-refractivity contribution in [3.63, 3.8) is 0 Å². The van der Waals surface area contributed by atoms with E-state index in [0.29, 0.717) is 5.56 Å². The normalized spacial score (nSPS) is 11.9. The summed E-state index contributed by atoms with van der Waals surface area (Å²) in [5.41, 5.74) is 5.71. The summed E-state index contributed by atoms with van der Waals surface area (Å²) in [5.74, 6) is -1.90. The largest absolute Gasteiger partial charge is 0.384 e. The van der Waals surface area contributed by atoms with E-state index in [2.05, 4.69) is 5.32 Å². The molecular weight excluding hydrogens is 251 g/mol. The molecule has 0 aliphatic carbocycles. The van der Waals surface area contributed by atoms with Gasteiger partial charge in [0.15, 0.2) is 0 Å². The van der Waals surface area contributed by atoms with Crippen LogP contribution in [-0.2, 0) is 20.9 Å². The van der Waals surface area contributed by atoms with Crippen molar-refractivity contribution in [1.82, 2.24) is 5.32 Å². The number of benzene rings is 1. The number of carbonyl (C=O) groups excluding carboxylic acids is 2. The number of hydrogen-bond donors (Lipinski definition) is 2. The molecule has 0 saturated heterocycles. The second-order valence-electron chi connectivity index (χ2n) is 4.17. The van der Waals surface area contributed by atoms with Gasteiger partial charge in [0, 0.05) is 20.1 Å². The number of methoxy groups -OCH3 is 1. The Hall–Kier alpha value is -1.95. The number of nitrogens with two attached hydrogens (primary N) is 1. The van der Waals surface area contributed by atoms with Crippen LogP contribution < -0.4 is 11.1 Å². The molecule has 0 spiro atoms. The second-order valence-corrected chi connectivity index (χ2v) is 4.17. The van der Waals surface area contributed by atoms with E-state index >= 15 is 0 Å². The third kappa shape index (κ3) is 5.48. The highest BCUT2D eigenvalue weighted by atomic mass is 19.1. The van der Waals surface area contributed by atoms with Crippen molar-refractivity contribution in [1.29, 1.82) is 0 Å². The van der Waals surface area contributed by atoms with Crippen molar-refractivity contribution in [2.45, 2.75) is 13.0 Å². The van der Waals surface area contributed by atoms with Crippen molar-refractivity contribution in [2.24, 2.45) is 11.7 Å². The Morgan fingerprint density at radius 3 is 2.79 bits per heavy atom. The number of hydrogen-bond acceptors (Lipinski definition) is 3. The lowest BCUT2D eigenvalue weighted by Gasteiger charge is -2.14. The molecule has 0 aromatic heterocycles. The van der Waals surface area contributed by atoms with E-state index < -0.39 is 11.8 Å². The minimum atomic E-state index is -0.629. The fourth-order valence-electron chi connectivity index (χ4n) is 1.65. The van der Waals surface area contributed by atoms with Crippen LogP contribution >= 0.6 is 0 Å². The molecule has 1 aromatic carbocycles. The standard InChI is InChI=1S/C13H17FN2O3/c1-19-8-10(6-12(15)17)13(18)16-7-9-3-2-4-11(14)5-9/h2-5,10H,6-8H2,1H3,(H2,15,17)(H,16,18). The van der Waals surface area contributed by atoms with Crippen LogP contribution in [0.25, 0.3) is 0 Å². The molecule has 0 aliphatic heterocycles. The SMILES string of the molecule is COCC(CC(N)=O)C(=O)NCc1cccc(F)c1. The predicted molar refractivity (Wildman–Crippen MR) is 67.4 cm³/mol. The van der Waals surface area contributed by atoms with Crippen LogP contribution in [0.5, 0.6) is 0 Å². The summed E-state index contributed by atoms with van der Waals surface area (Å²) in [7, 11) is 1.44. The van der Waals surface area contributed by atoms with Gasteiger partial charge in [0.2, 0.25) is 11.8 Å². The Morgan fingerprint density at radius 2 is 2.21 bits per heavy atom. The van der Waals surface area contributed by atoms with Gasteiger partial charge in [-0.05, 0) is 17.7 Å². The molecule has 19 heavy (non-hydrogen) atoms. The summed E-state index contributed by atoms with van der Waals surface area (Å²) < 4.78 is 17.8. The van der Waals surface area contributed by atoms with Gasteiger partial charge in [0.25, 0.3) is 0 Å². The number of rotatable bonds is 7. The van der Waals surface area contributed by atoms with Gasteiger partial charge in [-0.3, -0.25) is 9.59 Å². The lowest BCUT2D eigenvalue weighted by atomic mass is 10.1. The van der Waals surface area contributed by atoms with Crippen molar-refractivity contribution < 1.29 is 18.7 Å². The maximum absolute atomic E-state index is 12.9. The number of carbonyl (C=O) groups is 2. The molecular formula is C13H17FN2O3. The van der Waals surface area contributed by atoms with Gasteiger partial charge < -0.3 is 15.8 Å². The van der Waals surface area contributed by atoms with Gasteiger partial charge in [-0.2, -0.15) is 0 Å². The molecule has 0 aliphatic rings. The third-order valence-corrected chi connectivity index (χ3v) is 2.54. The number of nitrogens with one attached hydrogen (secondary N) is 1. The topological polar surface area (TPSA) is 81.4 Å². The Balaban J connectivity index is 2.54. The quantitative estimate of drug-likeness (QED) is 0.759. The molecule has 0 fully saturated rings. The molecule has 6 heteroatoms. The highest BCUT2D eigenvalue weighted by molar-refractivity contribution is 5.85. The lowest BCUT2D eigenvalue weighted by Crippen LogP contribution is -2.35. The monoisotopic (exact) mass is 268 g/mol.